The van der Waals surface area contributed by atoms with Gasteiger partial charge in [-0.1, -0.05) is 5.16 Å². The van der Waals surface area contributed by atoms with Gasteiger partial charge in [0.1, 0.15) is 0 Å². The number of hydrogen-bond donors (Lipinski definition) is 0. The van der Waals surface area contributed by atoms with E-state index in [9.17, 15) is 0 Å². The van der Waals surface area contributed by atoms with Crippen molar-refractivity contribution in [2.24, 2.45) is 0 Å². The second kappa shape index (κ2) is 3.86. The van der Waals surface area contributed by atoms with E-state index < -0.39 is 0 Å². The lowest BCUT2D eigenvalue weighted by atomic mass is 10.3. The van der Waals surface area contributed by atoms with Crippen LogP contribution in [0.4, 0.5) is 0 Å². The first kappa shape index (κ1) is 9.23. The standard InChI is InChI=1S/C11H7N3OS/c1-4-12-5-2-8(1)11-13-10(14-15-11)9-3-6-16-7-9/h1-7H. The van der Waals surface area contributed by atoms with Gasteiger partial charge < -0.3 is 4.52 Å². The minimum atomic E-state index is 0.517. The molecule has 3 aromatic heterocycles. The molecule has 0 N–H and O–H groups in total. The number of hydrogen-bond acceptors (Lipinski definition) is 5. The molecular formula is C11H7N3OS. The lowest BCUT2D eigenvalue weighted by Gasteiger charge is -1.89. The van der Waals surface area contributed by atoms with Crippen LogP contribution in [-0.2, 0) is 0 Å². The first-order valence-electron chi connectivity index (χ1n) is 4.70. The molecule has 0 unspecified atom stereocenters. The van der Waals surface area contributed by atoms with Crippen LogP contribution in [0.15, 0.2) is 45.9 Å². The Labute approximate surface area is 95.6 Å². The summed E-state index contributed by atoms with van der Waals surface area (Å²) in [4.78, 5) is 8.26. The van der Waals surface area contributed by atoms with Crippen molar-refractivity contribution in [2.45, 2.75) is 0 Å². The Morgan fingerprint density at radius 1 is 1.06 bits per heavy atom. The predicted molar refractivity (Wildman–Crippen MR) is 60.8 cm³/mol. The minimum absolute atomic E-state index is 0.517. The van der Waals surface area contributed by atoms with Crippen molar-refractivity contribution in [1.82, 2.24) is 15.1 Å². The fourth-order valence-electron chi connectivity index (χ4n) is 1.34. The molecule has 0 fully saturated rings. The van der Waals surface area contributed by atoms with Crippen molar-refractivity contribution in [3.05, 3.63) is 41.4 Å². The Bertz CT molecular complexity index is 574. The zero-order valence-electron chi connectivity index (χ0n) is 8.20. The van der Waals surface area contributed by atoms with Gasteiger partial charge in [-0.15, -0.1) is 0 Å². The van der Waals surface area contributed by atoms with Gasteiger partial charge in [-0.05, 0) is 23.6 Å². The second-order valence-corrected chi connectivity index (χ2v) is 3.95. The summed E-state index contributed by atoms with van der Waals surface area (Å²) in [6, 6.07) is 5.64. The maximum Gasteiger partial charge on any atom is 0.258 e. The van der Waals surface area contributed by atoms with Crippen LogP contribution < -0.4 is 0 Å². The summed E-state index contributed by atoms with van der Waals surface area (Å²) in [5.41, 5.74) is 1.86. The number of rotatable bonds is 2. The molecule has 5 heteroatoms. The van der Waals surface area contributed by atoms with Crippen LogP contribution in [0.3, 0.4) is 0 Å². The Morgan fingerprint density at radius 2 is 1.94 bits per heavy atom. The summed E-state index contributed by atoms with van der Waals surface area (Å²) in [5, 5.41) is 7.91. The van der Waals surface area contributed by atoms with Gasteiger partial charge in [0.25, 0.3) is 5.89 Å². The monoisotopic (exact) mass is 229 g/mol. The first-order chi connectivity index (χ1) is 7.93. The van der Waals surface area contributed by atoms with Gasteiger partial charge in [0, 0.05) is 28.9 Å². The van der Waals surface area contributed by atoms with Crippen molar-refractivity contribution in [1.29, 1.82) is 0 Å². The maximum absolute atomic E-state index is 5.19. The smallest absolute Gasteiger partial charge is 0.258 e. The lowest BCUT2D eigenvalue weighted by Crippen LogP contribution is -1.79. The van der Waals surface area contributed by atoms with Gasteiger partial charge in [0.15, 0.2) is 0 Å². The Balaban J connectivity index is 2.00. The molecule has 0 aliphatic heterocycles. The third kappa shape index (κ3) is 1.61. The van der Waals surface area contributed by atoms with Crippen molar-refractivity contribution in [2.75, 3.05) is 0 Å². The normalized spacial score (nSPS) is 10.5. The molecule has 3 rings (SSSR count). The molecular weight excluding hydrogens is 222 g/mol. The zero-order valence-corrected chi connectivity index (χ0v) is 9.02. The molecule has 0 aliphatic rings. The Morgan fingerprint density at radius 3 is 2.69 bits per heavy atom. The van der Waals surface area contributed by atoms with Crippen molar-refractivity contribution < 1.29 is 4.52 Å². The topological polar surface area (TPSA) is 51.8 Å². The quantitative estimate of drug-likeness (QED) is 0.678. The van der Waals surface area contributed by atoms with Gasteiger partial charge in [0.05, 0.1) is 0 Å². The third-order valence-electron chi connectivity index (χ3n) is 2.13. The molecule has 0 amide bonds. The average molecular weight is 229 g/mol. The van der Waals surface area contributed by atoms with Gasteiger partial charge in [-0.25, -0.2) is 0 Å². The highest BCUT2D eigenvalue weighted by Gasteiger charge is 2.09. The Hall–Kier alpha value is -2.01. The largest absolute Gasteiger partial charge is 0.334 e. The van der Waals surface area contributed by atoms with E-state index in [4.69, 9.17) is 4.52 Å². The summed E-state index contributed by atoms with van der Waals surface area (Å²) in [7, 11) is 0. The van der Waals surface area contributed by atoms with E-state index in [0.29, 0.717) is 11.7 Å². The highest BCUT2D eigenvalue weighted by molar-refractivity contribution is 7.08. The molecule has 0 atom stereocenters. The molecule has 3 heterocycles. The molecule has 16 heavy (non-hydrogen) atoms. The molecule has 0 bridgehead atoms. The van der Waals surface area contributed by atoms with E-state index in [1.807, 2.05) is 29.0 Å². The van der Waals surface area contributed by atoms with Crippen LogP contribution in [0.1, 0.15) is 0 Å². The van der Waals surface area contributed by atoms with E-state index in [-0.39, 0.29) is 0 Å². The highest BCUT2D eigenvalue weighted by Crippen LogP contribution is 2.22. The highest BCUT2D eigenvalue weighted by atomic mass is 32.1. The third-order valence-corrected chi connectivity index (χ3v) is 2.82. The summed E-state index contributed by atoms with van der Waals surface area (Å²) >= 11 is 1.61. The van der Waals surface area contributed by atoms with Crippen molar-refractivity contribution in [3.8, 4) is 22.8 Å². The van der Waals surface area contributed by atoms with Crippen LogP contribution in [0.25, 0.3) is 22.8 Å². The van der Waals surface area contributed by atoms with Gasteiger partial charge in [-0.2, -0.15) is 16.3 Å². The number of nitrogens with zero attached hydrogens (tertiary/aromatic N) is 3. The molecule has 0 aliphatic carbocycles. The summed E-state index contributed by atoms with van der Waals surface area (Å²) < 4.78 is 5.19. The number of pyridine rings is 1. The molecule has 0 radical (unpaired) electrons. The van der Waals surface area contributed by atoms with E-state index in [1.165, 1.54) is 0 Å². The second-order valence-electron chi connectivity index (χ2n) is 3.17. The van der Waals surface area contributed by atoms with Crippen molar-refractivity contribution in [3.63, 3.8) is 0 Å². The van der Waals surface area contributed by atoms with E-state index in [1.54, 1.807) is 23.7 Å². The molecule has 0 saturated carbocycles. The fourth-order valence-corrected chi connectivity index (χ4v) is 1.98. The zero-order chi connectivity index (χ0) is 10.8. The van der Waals surface area contributed by atoms with Gasteiger partial charge in [0.2, 0.25) is 5.82 Å². The first-order valence-corrected chi connectivity index (χ1v) is 5.64. The van der Waals surface area contributed by atoms with Crippen LogP contribution in [-0.4, -0.2) is 15.1 Å². The van der Waals surface area contributed by atoms with E-state index in [0.717, 1.165) is 11.1 Å². The van der Waals surface area contributed by atoms with Crippen molar-refractivity contribution >= 4 is 11.3 Å². The van der Waals surface area contributed by atoms with Gasteiger partial charge >= 0.3 is 0 Å². The molecule has 0 aromatic carbocycles. The van der Waals surface area contributed by atoms with Crippen LogP contribution >= 0.6 is 11.3 Å². The molecule has 0 spiro atoms. The van der Waals surface area contributed by atoms with Gasteiger partial charge in [-0.3, -0.25) is 4.98 Å². The van der Waals surface area contributed by atoms with Crippen LogP contribution in [0, 0.1) is 0 Å². The minimum Gasteiger partial charge on any atom is -0.334 e. The summed E-state index contributed by atoms with van der Waals surface area (Å²) in [5.74, 6) is 1.14. The number of aromatic nitrogens is 3. The average Bonchev–Trinajstić information content (AvgIpc) is 3.01. The van der Waals surface area contributed by atoms with Crippen LogP contribution in [0.2, 0.25) is 0 Å². The molecule has 3 aromatic rings. The maximum atomic E-state index is 5.19. The fraction of sp³-hybridized carbons (Fsp3) is 0. The van der Waals surface area contributed by atoms with Crippen LogP contribution in [0.5, 0.6) is 0 Å². The summed E-state index contributed by atoms with van der Waals surface area (Å²) in [6.07, 6.45) is 3.40. The van der Waals surface area contributed by atoms with E-state index in [2.05, 4.69) is 15.1 Å². The lowest BCUT2D eigenvalue weighted by molar-refractivity contribution is 0.432. The predicted octanol–water partition coefficient (Wildman–Crippen LogP) is 2.86. The number of thiophene rings is 1. The molecule has 78 valence electrons. The Kier molecular flexibility index (Phi) is 2.23. The molecule has 0 saturated heterocycles. The van der Waals surface area contributed by atoms with E-state index >= 15 is 0 Å². The summed E-state index contributed by atoms with van der Waals surface area (Å²) in [6.45, 7) is 0. The molecule has 4 nitrogen and oxygen atoms in total. The SMILES string of the molecule is c1cc(-c2nc(-c3ccsc3)no2)ccn1.